The van der Waals surface area contributed by atoms with Crippen LogP contribution in [0.1, 0.15) is 25.5 Å². The lowest BCUT2D eigenvalue weighted by molar-refractivity contribution is 0.0305. The van der Waals surface area contributed by atoms with E-state index in [9.17, 15) is 5.11 Å². The molecule has 0 unspecified atom stereocenters. The van der Waals surface area contributed by atoms with Gasteiger partial charge in [-0.1, -0.05) is 26.0 Å². The van der Waals surface area contributed by atoms with Gasteiger partial charge in [0, 0.05) is 44.2 Å². The molecule has 5 heteroatoms. The van der Waals surface area contributed by atoms with Gasteiger partial charge in [0.05, 0.1) is 7.11 Å². The standard InChI is InChI=1S/C16H26N2O2.ClH/c1-16(2,12-19)15(18-10-8-17-9-11-18)13-4-6-14(20-3)7-5-13;/h4-7,15,17,19H,8-12H2,1-3H3;1H/t15-;/m1./s1. The number of aliphatic hydroxyl groups excluding tert-OH is 1. The average molecular weight is 315 g/mol. The van der Waals surface area contributed by atoms with Crippen LogP contribution in [0.15, 0.2) is 24.3 Å². The minimum absolute atomic E-state index is 0. The van der Waals surface area contributed by atoms with Crippen LogP contribution < -0.4 is 10.1 Å². The summed E-state index contributed by atoms with van der Waals surface area (Å²) in [6.07, 6.45) is 0. The molecular weight excluding hydrogens is 288 g/mol. The maximum atomic E-state index is 9.79. The third-order valence-corrected chi connectivity index (χ3v) is 4.10. The second-order valence-corrected chi connectivity index (χ2v) is 6.11. The van der Waals surface area contributed by atoms with Gasteiger partial charge in [0.25, 0.3) is 0 Å². The number of piperazine rings is 1. The molecule has 0 aromatic heterocycles. The van der Waals surface area contributed by atoms with Gasteiger partial charge in [0.15, 0.2) is 0 Å². The summed E-state index contributed by atoms with van der Waals surface area (Å²) in [5.74, 6) is 0.870. The van der Waals surface area contributed by atoms with Crippen molar-refractivity contribution in [3.8, 4) is 5.75 Å². The molecule has 0 bridgehead atoms. The van der Waals surface area contributed by atoms with E-state index in [0.717, 1.165) is 31.9 Å². The van der Waals surface area contributed by atoms with Gasteiger partial charge < -0.3 is 15.2 Å². The Morgan fingerprint density at radius 2 is 1.81 bits per heavy atom. The van der Waals surface area contributed by atoms with Crippen molar-refractivity contribution in [2.24, 2.45) is 5.41 Å². The van der Waals surface area contributed by atoms with Crippen LogP contribution >= 0.6 is 12.4 Å². The normalized spacial score (nSPS) is 17.9. The predicted octanol–water partition coefficient (Wildman–Crippen LogP) is 2.08. The van der Waals surface area contributed by atoms with Crippen molar-refractivity contribution in [1.29, 1.82) is 0 Å². The van der Waals surface area contributed by atoms with Crippen LogP contribution in [0.3, 0.4) is 0 Å². The van der Waals surface area contributed by atoms with Gasteiger partial charge in [-0.05, 0) is 17.7 Å². The zero-order chi connectivity index (χ0) is 14.6. The Morgan fingerprint density at radius 3 is 2.29 bits per heavy atom. The fourth-order valence-corrected chi connectivity index (χ4v) is 2.97. The number of methoxy groups -OCH3 is 1. The molecule has 1 aliphatic rings. The Balaban J connectivity index is 0.00000220. The molecule has 0 saturated carbocycles. The summed E-state index contributed by atoms with van der Waals surface area (Å²) in [5, 5.41) is 13.2. The van der Waals surface area contributed by atoms with Gasteiger partial charge in [-0.15, -0.1) is 12.4 Å². The summed E-state index contributed by atoms with van der Waals surface area (Å²) in [6, 6.07) is 8.45. The smallest absolute Gasteiger partial charge is 0.118 e. The molecule has 2 N–H and O–H groups in total. The predicted molar refractivity (Wildman–Crippen MR) is 88.3 cm³/mol. The largest absolute Gasteiger partial charge is 0.497 e. The number of hydrogen-bond donors (Lipinski definition) is 2. The molecule has 0 amide bonds. The number of hydrogen-bond acceptors (Lipinski definition) is 4. The molecule has 1 aromatic rings. The number of nitrogens with zero attached hydrogens (tertiary/aromatic N) is 1. The first-order valence-electron chi connectivity index (χ1n) is 7.28. The number of halogens is 1. The van der Waals surface area contributed by atoms with E-state index in [4.69, 9.17) is 4.74 Å². The molecule has 2 rings (SSSR count). The van der Waals surface area contributed by atoms with Crippen LogP contribution in [0.2, 0.25) is 0 Å². The Labute approximate surface area is 133 Å². The quantitative estimate of drug-likeness (QED) is 0.873. The number of nitrogens with one attached hydrogen (secondary N) is 1. The highest BCUT2D eigenvalue weighted by atomic mass is 35.5. The zero-order valence-corrected chi connectivity index (χ0v) is 13.9. The highest BCUT2D eigenvalue weighted by molar-refractivity contribution is 5.85. The Bertz CT molecular complexity index is 417. The van der Waals surface area contributed by atoms with Gasteiger partial charge in [0.2, 0.25) is 0 Å². The molecule has 4 nitrogen and oxygen atoms in total. The highest BCUT2D eigenvalue weighted by Crippen LogP contribution is 2.38. The number of ether oxygens (including phenoxy) is 1. The summed E-state index contributed by atoms with van der Waals surface area (Å²) in [4.78, 5) is 2.47. The van der Waals surface area contributed by atoms with Crippen LogP contribution in [0.5, 0.6) is 5.75 Å². The first-order chi connectivity index (χ1) is 9.58. The van der Waals surface area contributed by atoms with E-state index in [1.807, 2.05) is 12.1 Å². The Kier molecular flexibility index (Phi) is 6.94. The average Bonchev–Trinajstić information content (AvgIpc) is 2.49. The summed E-state index contributed by atoms with van der Waals surface area (Å²) >= 11 is 0. The fourth-order valence-electron chi connectivity index (χ4n) is 2.97. The number of aliphatic hydroxyl groups is 1. The van der Waals surface area contributed by atoms with E-state index in [0.29, 0.717) is 0 Å². The molecule has 0 aliphatic carbocycles. The van der Waals surface area contributed by atoms with Crippen LogP contribution in [-0.2, 0) is 0 Å². The zero-order valence-electron chi connectivity index (χ0n) is 13.1. The molecule has 120 valence electrons. The molecular formula is C16H27ClN2O2. The Hall–Kier alpha value is -0.810. The topological polar surface area (TPSA) is 44.7 Å². The van der Waals surface area contributed by atoms with Crippen molar-refractivity contribution in [2.75, 3.05) is 39.9 Å². The van der Waals surface area contributed by atoms with Gasteiger partial charge in [0.1, 0.15) is 5.75 Å². The van der Waals surface area contributed by atoms with E-state index in [1.54, 1.807) is 7.11 Å². The molecule has 1 fully saturated rings. The van der Waals surface area contributed by atoms with Crippen LogP contribution in [0.25, 0.3) is 0 Å². The molecule has 1 aliphatic heterocycles. The first kappa shape index (κ1) is 18.2. The van der Waals surface area contributed by atoms with Crippen molar-refractivity contribution >= 4 is 12.4 Å². The van der Waals surface area contributed by atoms with Crippen LogP contribution in [0.4, 0.5) is 0 Å². The monoisotopic (exact) mass is 314 g/mol. The van der Waals surface area contributed by atoms with E-state index in [-0.39, 0.29) is 30.5 Å². The lowest BCUT2D eigenvalue weighted by Gasteiger charge is -2.43. The van der Waals surface area contributed by atoms with Crippen molar-refractivity contribution in [3.05, 3.63) is 29.8 Å². The minimum atomic E-state index is -0.175. The van der Waals surface area contributed by atoms with E-state index >= 15 is 0 Å². The summed E-state index contributed by atoms with van der Waals surface area (Å²) < 4.78 is 5.23. The first-order valence-corrected chi connectivity index (χ1v) is 7.28. The summed E-state index contributed by atoms with van der Waals surface area (Å²) in [5.41, 5.74) is 1.07. The van der Waals surface area contributed by atoms with Crippen molar-refractivity contribution < 1.29 is 9.84 Å². The van der Waals surface area contributed by atoms with Crippen molar-refractivity contribution in [1.82, 2.24) is 10.2 Å². The van der Waals surface area contributed by atoms with Gasteiger partial charge >= 0.3 is 0 Å². The second kappa shape index (κ2) is 7.99. The highest BCUT2D eigenvalue weighted by Gasteiger charge is 2.35. The van der Waals surface area contributed by atoms with E-state index in [1.165, 1.54) is 5.56 Å². The van der Waals surface area contributed by atoms with E-state index < -0.39 is 0 Å². The number of rotatable bonds is 5. The molecule has 1 aromatic carbocycles. The van der Waals surface area contributed by atoms with E-state index in [2.05, 4.69) is 36.2 Å². The SMILES string of the molecule is COc1ccc([C@@H](N2CCNCC2)C(C)(C)CO)cc1.Cl. The Morgan fingerprint density at radius 1 is 1.24 bits per heavy atom. The summed E-state index contributed by atoms with van der Waals surface area (Å²) in [7, 11) is 1.68. The lowest BCUT2D eigenvalue weighted by Crippen LogP contribution is -2.49. The second-order valence-electron chi connectivity index (χ2n) is 6.11. The molecule has 1 atom stereocenters. The third-order valence-electron chi connectivity index (χ3n) is 4.10. The van der Waals surface area contributed by atoms with Crippen LogP contribution in [0, 0.1) is 5.41 Å². The van der Waals surface area contributed by atoms with Crippen LogP contribution in [-0.4, -0.2) is 49.9 Å². The van der Waals surface area contributed by atoms with Crippen molar-refractivity contribution in [2.45, 2.75) is 19.9 Å². The van der Waals surface area contributed by atoms with Gasteiger partial charge in [-0.2, -0.15) is 0 Å². The van der Waals surface area contributed by atoms with Crippen molar-refractivity contribution in [3.63, 3.8) is 0 Å². The van der Waals surface area contributed by atoms with Gasteiger partial charge in [-0.3, -0.25) is 4.90 Å². The summed E-state index contributed by atoms with van der Waals surface area (Å²) in [6.45, 7) is 8.48. The molecule has 0 spiro atoms. The lowest BCUT2D eigenvalue weighted by atomic mass is 9.79. The maximum Gasteiger partial charge on any atom is 0.118 e. The third kappa shape index (κ3) is 4.33. The minimum Gasteiger partial charge on any atom is -0.497 e. The number of benzene rings is 1. The molecule has 0 radical (unpaired) electrons. The fraction of sp³-hybridized carbons (Fsp3) is 0.625. The molecule has 21 heavy (non-hydrogen) atoms. The maximum absolute atomic E-state index is 9.79. The molecule has 1 saturated heterocycles. The van der Waals surface area contributed by atoms with Gasteiger partial charge in [-0.25, -0.2) is 0 Å². The molecule has 1 heterocycles.